The van der Waals surface area contributed by atoms with Crippen LogP contribution in [0.1, 0.15) is 42.7 Å². The minimum Gasteiger partial charge on any atom is -0.337 e. The normalized spacial score (nSPS) is 17.4. The Bertz CT molecular complexity index is 746. The van der Waals surface area contributed by atoms with E-state index in [0.717, 1.165) is 37.6 Å². The number of anilines is 2. The monoisotopic (exact) mass is 338 g/mol. The average Bonchev–Trinajstić information content (AvgIpc) is 2.62. The Morgan fingerprint density at radius 2 is 2.16 bits per heavy atom. The first-order valence-corrected chi connectivity index (χ1v) is 9.04. The Labute approximate surface area is 149 Å². The number of rotatable bonds is 4. The van der Waals surface area contributed by atoms with Crippen LogP contribution in [-0.2, 0) is 0 Å². The van der Waals surface area contributed by atoms with Crippen molar-refractivity contribution in [3.05, 3.63) is 47.9 Å². The summed E-state index contributed by atoms with van der Waals surface area (Å²) in [5.74, 6) is 1.32. The summed E-state index contributed by atoms with van der Waals surface area (Å²) in [4.78, 5) is 25.5. The molecule has 3 rings (SSSR count). The molecule has 25 heavy (non-hydrogen) atoms. The Kier molecular flexibility index (Phi) is 5.31. The van der Waals surface area contributed by atoms with Gasteiger partial charge < -0.3 is 9.80 Å². The van der Waals surface area contributed by atoms with Crippen LogP contribution in [0.5, 0.6) is 0 Å². The van der Waals surface area contributed by atoms with Crippen molar-refractivity contribution in [2.75, 3.05) is 24.5 Å². The third kappa shape index (κ3) is 3.98. The highest BCUT2D eigenvalue weighted by atomic mass is 16.2. The molecule has 1 aliphatic rings. The highest BCUT2D eigenvalue weighted by molar-refractivity contribution is 5.93. The molecule has 1 aliphatic heterocycles. The number of carbonyl (C=O) groups excluding carboxylic acids is 1. The van der Waals surface area contributed by atoms with Crippen LogP contribution in [0.15, 0.2) is 36.7 Å². The largest absolute Gasteiger partial charge is 0.337 e. The molecule has 0 saturated carbocycles. The van der Waals surface area contributed by atoms with Gasteiger partial charge in [-0.2, -0.15) is 0 Å². The molecule has 0 spiro atoms. The third-order valence-electron chi connectivity index (χ3n) is 4.72. The van der Waals surface area contributed by atoms with E-state index in [9.17, 15) is 4.79 Å². The summed E-state index contributed by atoms with van der Waals surface area (Å²) in [5.41, 5.74) is 2.75. The number of likely N-dealkylation sites (tertiary alicyclic amines) is 1. The van der Waals surface area contributed by atoms with Gasteiger partial charge in [-0.15, -0.1) is 0 Å². The quantitative estimate of drug-likeness (QED) is 0.850. The number of benzene rings is 1. The van der Waals surface area contributed by atoms with Crippen LogP contribution in [0.3, 0.4) is 0 Å². The molecule has 1 amide bonds. The Morgan fingerprint density at radius 3 is 2.88 bits per heavy atom. The van der Waals surface area contributed by atoms with E-state index >= 15 is 0 Å². The number of aromatic nitrogens is 2. The van der Waals surface area contributed by atoms with Crippen LogP contribution in [-0.4, -0.2) is 40.4 Å². The van der Waals surface area contributed by atoms with Crippen LogP contribution >= 0.6 is 0 Å². The van der Waals surface area contributed by atoms with E-state index in [1.807, 2.05) is 17.0 Å². The van der Waals surface area contributed by atoms with Gasteiger partial charge in [-0.3, -0.25) is 4.79 Å². The third-order valence-corrected chi connectivity index (χ3v) is 4.72. The lowest BCUT2D eigenvalue weighted by Gasteiger charge is -2.31. The Balaban J connectivity index is 1.86. The second-order valence-electron chi connectivity index (χ2n) is 6.84. The molecule has 1 saturated heterocycles. The fraction of sp³-hybridized carbons (Fsp3) is 0.450. The maximum Gasteiger partial charge on any atom is 0.272 e. The zero-order chi connectivity index (χ0) is 17.8. The number of nitrogens with zero attached hydrogens (tertiary/aromatic N) is 4. The van der Waals surface area contributed by atoms with E-state index in [1.54, 1.807) is 0 Å². The first-order chi connectivity index (χ1) is 12.1. The van der Waals surface area contributed by atoms with E-state index in [-0.39, 0.29) is 5.91 Å². The molecule has 1 aromatic carbocycles. The van der Waals surface area contributed by atoms with Gasteiger partial charge in [-0.05, 0) is 50.3 Å². The van der Waals surface area contributed by atoms with Gasteiger partial charge in [-0.25, -0.2) is 9.97 Å². The predicted octanol–water partition coefficient (Wildman–Crippen LogP) is 3.82. The maximum absolute atomic E-state index is 12.8. The zero-order valence-electron chi connectivity index (χ0n) is 15.3. The summed E-state index contributed by atoms with van der Waals surface area (Å²) >= 11 is 0. The SMILES string of the molecule is CCN(c1cccc(C)c1)c1cc(C(=O)N2CCCC(C)C2)ncn1. The topological polar surface area (TPSA) is 49.3 Å². The van der Waals surface area contributed by atoms with Crippen LogP contribution < -0.4 is 4.90 Å². The summed E-state index contributed by atoms with van der Waals surface area (Å²) in [6, 6.07) is 10.1. The van der Waals surface area contributed by atoms with Gasteiger partial charge in [0.2, 0.25) is 0 Å². The number of piperidine rings is 1. The van der Waals surface area contributed by atoms with Crippen LogP contribution in [0.4, 0.5) is 11.5 Å². The second kappa shape index (κ2) is 7.64. The summed E-state index contributed by atoms with van der Waals surface area (Å²) in [5, 5.41) is 0. The molecule has 2 aromatic rings. The smallest absolute Gasteiger partial charge is 0.272 e. The molecule has 5 heteroatoms. The van der Waals surface area contributed by atoms with E-state index in [0.29, 0.717) is 11.6 Å². The molecule has 1 aromatic heterocycles. The lowest BCUT2D eigenvalue weighted by Crippen LogP contribution is -2.39. The minimum atomic E-state index is 0.00972. The number of carbonyl (C=O) groups is 1. The molecule has 5 nitrogen and oxygen atoms in total. The molecule has 132 valence electrons. The number of hydrogen-bond acceptors (Lipinski definition) is 4. The fourth-order valence-corrected chi connectivity index (χ4v) is 3.42. The molecule has 1 atom stereocenters. The van der Waals surface area contributed by atoms with Crippen LogP contribution in [0.25, 0.3) is 0 Å². The molecular weight excluding hydrogens is 312 g/mol. The van der Waals surface area contributed by atoms with Gasteiger partial charge in [0.15, 0.2) is 0 Å². The van der Waals surface area contributed by atoms with Crippen molar-refractivity contribution < 1.29 is 4.79 Å². The van der Waals surface area contributed by atoms with Gasteiger partial charge in [0.05, 0.1) is 0 Å². The summed E-state index contributed by atoms with van der Waals surface area (Å²) < 4.78 is 0. The second-order valence-corrected chi connectivity index (χ2v) is 6.84. The number of amides is 1. The van der Waals surface area contributed by atoms with Gasteiger partial charge >= 0.3 is 0 Å². The van der Waals surface area contributed by atoms with Gasteiger partial charge in [-0.1, -0.05) is 19.1 Å². The van der Waals surface area contributed by atoms with E-state index < -0.39 is 0 Å². The summed E-state index contributed by atoms with van der Waals surface area (Å²) in [6.07, 6.45) is 3.75. The van der Waals surface area contributed by atoms with Crippen molar-refractivity contribution in [2.45, 2.75) is 33.6 Å². The standard InChI is InChI=1S/C20H26N4O/c1-4-24(17-9-5-7-15(2)11-17)19-12-18(21-14-22-19)20(25)23-10-6-8-16(3)13-23/h5,7,9,11-12,14,16H,4,6,8,10,13H2,1-3H3. The fourth-order valence-electron chi connectivity index (χ4n) is 3.42. The van der Waals surface area contributed by atoms with E-state index in [4.69, 9.17) is 0 Å². The van der Waals surface area contributed by atoms with Crippen molar-refractivity contribution in [3.63, 3.8) is 0 Å². The van der Waals surface area contributed by atoms with Crippen molar-refractivity contribution in [3.8, 4) is 0 Å². The van der Waals surface area contributed by atoms with Gasteiger partial charge in [0, 0.05) is 31.4 Å². The molecule has 0 bridgehead atoms. The molecule has 0 aliphatic carbocycles. The average molecular weight is 338 g/mol. The lowest BCUT2D eigenvalue weighted by molar-refractivity contribution is 0.0677. The molecule has 0 radical (unpaired) electrons. The molecular formula is C20H26N4O. The first-order valence-electron chi connectivity index (χ1n) is 9.04. The highest BCUT2D eigenvalue weighted by Gasteiger charge is 2.23. The van der Waals surface area contributed by atoms with Crippen molar-refractivity contribution >= 4 is 17.4 Å². The van der Waals surface area contributed by atoms with Crippen molar-refractivity contribution in [1.29, 1.82) is 0 Å². The van der Waals surface area contributed by atoms with E-state index in [2.05, 4.69) is 53.8 Å². The van der Waals surface area contributed by atoms with Gasteiger partial charge in [0.25, 0.3) is 5.91 Å². The lowest BCUT2D eigenvalue weighted by atomic mass is 10.00. The number of aryl methyl sites for hydroxylation is 1. The molecule has 2 heterocycles. The van der Waals surface area contributed by atoms with Crippen LogP contribution in [0, 0.1) is 12.8 Å². The molecule has 1 unspecified atom stereocenters. The van der Waals surface area contributed by atoms with E-state index in [1.165, 1.54) is 18.3 Å². The minimum absolute atomic E-state index is 0.00972. The highest BCUT2D eigenvalue weighted by Crippen LogP contribution is 2.25. The molecule has 1 fully saturated rings. The van der Waals surface area contributed by atoms with Crippen molar-refractivity contribution in [1.82, 2.24) is 14.9 Å². The maximum atomic E-state index is 12.8. The predicted molar refractivity (Wildman–Crippen MR) is 100 cm³/mol. The molecule has 0 N–H and O–H groups in total. The van der Waals surface area contributed by atoms with Crippen molar-refractivity contribution in [2.24, 2.45) is 5.92 Å². The first kappa shape index (κ1) is 17.4. The van der Waals surface area contributed by atoms with Gasteiger partial charge in [0.1, 0.15) is 17.8 Å². The van der Waals surface area contributed by atoms with Crippen LogP contribution in [0.2, 0.25) is 0 Å². The Hall–Kier alpha value is -2.43. The zero-order valence-corrected chi connectivity index (χ0v) is 15.3. The summed E-state index contributed by atoms with van der Waals surface area (Å²) in [7, 11) is 0. The summed E-state index contributed by atoms with van der Waals surface area (Å²) in [6.45, 7) is 8.75. The number of hydrogen-bond donors (Lipinski definition) is 0. The Morgan fingerprint density at radius 1 is 1.32 bits per heavy atom.